The van der Waals surface area contributed by atoms with Gasteiger partial charge in [-0.3, -0.25) is 0 Å². The van der Waals surface area contributed by atoms with Gasteiger partial charge in [0.1, 0.15) is 5.60 Å². The van der Waals surface area contributed by atoms with E-state index in [-0.39, 0.29) is 22.3 Å². The highest BCUT2D eigenvalue weighted by molar-refractivity contribution is 6.32. The topological polar surface area (TPSA) is 58.6 Å². The van der Waals surface area contributed by atoms with E-state index in [9.17, 15) is 9.18 Å². The second kappa shape index (κ2) is 6.42. The van der Waals surface area contributed by atoms with Crippen LogP contribution < -0.4 is 4.90 Å². The molecule has 1 fully saturated rings. The fourth-order valence-electron chi connectivity index (χ4n) is 2.02. The van der Waals surface area contributed by atoms with Crippen LogP contribution in [0.3, 0.4) is 0 Å². The second-order valence-electron chi connectivity index (χ2n) is 5.88. The Bertz CT molecular complexity index is 572. The number of nitrogens with zero attached hydrogens (tertiary/aromatic N) is 4. The molecule has 1 aliphatic rings. The molecule has 0 unspecified atom stereocenters. The van der Waals surface area contributed by atoms with E-state index < -0.39 is 11.4 Å². The first-order valence-electron chi connectivity index (χ1n) is 6.79. The van der Waals surface area contributed by atoms with E-state index in [0.29, 0.717) is 26.2 Å². The van der Waals surface area contributed by atoms with E-state index in [1.807, 2.05) is 0 Å². The maximum absolute atomic E-state index is 14.0. The molecule has 9 heteroatoms. The molecule has 0 atom stereocenters. The van der Waals surface area contributed by atoms with Gasteiger partial charge in [-0.1, -0.05) is 11.6 Å². The number of hydrogen-bond acceptors (Lipinski definition) is 5. The predicted octanol–water partition coefficient (Wildman–Crippen LogP) is 2.98. The fourth-order valence-corrected chi connectivity index (χ4v) is 2.39. The van der Waals surface area contributed by atoms with Crippen LogP contribution in [0.2, 0.25) is 10.4 Å². The molecule has 0 aliphatic carbocycles. The van der Waals surface area contributed by atoms with Crippen molar-refractivity contribution in [1.29, 1.82) is 0 Å². The first kappa shape index (κ1) is 17.0. The molecule has 0 bridgehead atoms. The Balaban J connectivity index is 2.02. The molecule has 2 heterocycles. The SMILES string of the molecule is CC(C)(C)OC(=O)N1CCN(c2nc(Cl)nc(Cl)c2F)CC1. The third-order valence-electron chi connectivity index (χ3n) is 3.00. The smallest absolute Gasteiger partial charge is 0.410 e. The standard InChI is InChI=1S/C13H17Cl2FN4O2/c1-13(2,3)22-12(21)20-6-4-19(5-7-20)10-8(16)9(14)17-11(15)18-10/h4-7H2,1-3H3. The molecule has 1 aliphatic heterocycles. The molecule has 1 aromatic rings. The lowest BCUT2D eigenvalue weighted by molar-refractivity contribution is 0.0240. The van der Waals surface area contributed by atoms with Gasteiger partial charge in [0.2, 0.25) is 11.1 Å². The van der Waals surface area contributed by atoms with E-state index in [2.05, 4.69) is 9.97 Å². The minimum Gasteiger partial charge on any atom is -0.444 e. The average molecular weight is 351 g/mol. The fraction of sp³-hybridized carbons (Fsp3) is 0.615. The summed E-state index contributed by atoms with van der Waals surface area (Å²) in [6.07, 6.45) is -0.383. The van der Waals surface area contributed by atoms with E-state index in [1.54, 1.807) is 30.6 Å². The molecule has 1 saturated heterocycles. The number of rotatable bonds is 1. The Hall–Kier alpha value is -1.34. The van der Waals surface area contributed by atoms with Crippen molar-refractivity contribution in [2.75, 3.05) is 31.1 Å². The quantitative estimate of drug-likeness (QED) is 0.575. The summed E-state index contributed by atoms with van der Waals surface area (Å²) in [5.74, 6) is -0.661. The van der Waals surface area contributed by atoms with Crippen LogP contribution in [-0.4, -0.2) is 52.7 Å². The van der Waals surface area contributed by atoms with Crippen molar-refractivity contribution in [2.24, 2.45) is 0 Å². The molecular formula is C13H17Cl2FN4O2. The van der Waals surface area contributed by atoms with E-state index in [0.717, 1.165) is 0 Å². The third-order valence-corrected chi connectivity index (χ3v) is 3.42. The van der Waals surface area contributed by atoms with Gasteiger partial charge in [0.25, 0.3) is 0 Å². The van der Waals surface area contributed by atoms with Crippen molar-refractivity contribution in [2.45, 2.75) is 26.4 Å². The molecule has 0 saturated carbocycles. The van der Waals surface area contributed by atoms with Crippen molar-refractivity contribution in [3.63, 3.8) is 0 Å². The first-order valence-corrected chi connectivity index (χ1v) is 7.54. The van der Waals surface area contributed by atoms with Crippen molar-refractivity contribution in [1.82, 2.24) is 14.9 Å². The van der Waals surface area contributed by atoms with Gasteiger partial charge >= 0.3 is 6.09 Å². The number of halogens is 3. The third kappa shape index (κ3) is 4.10. The summed E-state index contributed by atoms with van der Waals surface area (Å²) in [6.45, 7) is 7.02. The molecule has 2 rings (SSSR count). The van der Waals surface area contributed by atoms with Crippen LogP contribution in [0.25, 0.3) is 0 Å². The highest BCUT2D eigenvalue weighted by Gasteiger charge is 2.28. The van der Waals surface area contributed by atoms with Crippen LogP contribution in [0.15, 0.2) is 0 Å². The molecule has 0 aromatic carbocycles. The van der Waals surface area contributed by atoms with Gasteiger partial charge in [0.15, 0.2) is 11.0 Å². The molecular weight excluding hydrogens is 334 g/mol. The van der Waals surface area contributed by atoms with Gasteiger partial charge in [0.05, 0.1) is 0 Å². The Morgan fingerprint density at radius 3 is 2.32 bits per heavy atom. The molecule has 122 valence electrons. The summed E-state index contributed by atoms with van der Waals surface area (Å²) in [7, 11) is 0. The maximum atomic E-state index is 14.0. The second-order valence-corrected chi connectivity index (χ2v) is 6.57. The lowest BCUT2D eigenvalue weighted by Gasteiger charge is -2.36. The van der Waals surface area contributed by atoms with Gasteiger partial charge in [-0.2, -0.15) is 9.37 Å². The molecule has 6 nitrogen and oxygen atoms in total. The largest absolute Gasteiger partial charge is 0.444 e. The van der Waals surface area contributed by atoms with Gasteiger partial charge in [-0.05, 0) is 32.4 Å². The molecule has 1 aromatic heterocycles. The van der Waals surface area contributed by atoms with Crippen LogP contribution >= 0.6 is 23.2 Å². The lowest BCUT2D eigenvalue weighted by Crippen LogP contribution is -2.50. The zero-order chi connectivity index (χ0) is 16.5. The summed E-state index contributed by atoms with van der Waals surface area (Å²) in [4.78, 5) is 22.6. The van der Waals surface area contributed by atoms with Crippen LogP contribution in [-0.2, 0) is 4.74 Å². The Labute approximate surface area is 138 Å². The molecule has 22 heavy (non-hydrogen) atoms. The number of aromatic nitrogens is 2. The minimum absolute atomic E-state index is 0.0499. The van der Waals surface area contributed by atoms with Gasteiger partial charge < -0.3 is 14.5 Å². The Morgan fingerprint density at radius 1 is 1.18 bits per heavy atom. The van der Waals surface area contributed by atoms with E-state index in [1.165, 1.54) is 0 Å². The number of ether oxygens (including phenoxy) is 1. The normalized spacial score (nSPS) is 15.9. The summed E-state index contributed by atoms with van der Waals surface area (Å²) in [6, 6.07) is 0. The number of anilines is 1. The molecule has 1 amide bonds. The van der Waals surface area contributed by atoms with Crippen LogP contribution in [0.1, 0.15) is 20.8 Å². The predicted molar refractivity (Wildman–Crippen MR) is 82.0 cm³/mol. The van der Waals surface area contributed by atoms with Crippen molar-refractivity contribution in [3.8, 4) is 0 Å². The Morgan fingerprint density at radius 2 is 1.77 bits per heavy atom. The van der Waals surface area contributed by atoms with Gasteiger partial charge in [-0.25, -0.2) is 9.78 Å². The first-order chi connectivity index (χ1) is 10.2. The Kier molecular flexibility index (Phi) is 4.97. The summed E-state index contributed by atoms with van der Waals surface area (Å²) < 4.78 is 19.3. The number of carbonyl (C=O) groups excluding carboxylic acids is 1. The lowest BCUT2D eigenvalue weighted by atomic mass is 10.2. The molecule has 0 N–H and O–H groups in total. The number of hydrogen-bond donors (Lipinski definition) is 0. The monoisotopic (exact) mass is 350 g/mol. The van der Waals surface area contributed by atoms with Crippen molar-refractivity contribution in [3.05, 3.63) is 16.3 Å². The van der Waals surface area contributed by atoms with Crippen molar-refractivity contribution >= 4 is 35.1 Å². The number of piperazine rings is 1. The highest BCUT2D eigenvalue weighted by atomic mass is 35.5. The maximum Gasteiger partial charge on any atom is 0.410 e. The number of carbonyl (C=O) groups is 1. The average Bonchev–Trinajstić information content (AvgIpc) is 2.41. The van der Waals surface area contributed by atoms with Gasteiger partial charge in [-0.15, -0.1) is 0 Å². The summed E-state index contributed by atoms with van der Waals surface area (Å²) in [5.41, 5.74) is -0.548. The van der Waals surface area contributed by atoms with Gasteiger partial charge in [0, 0.05) is 26.2 Å². The molecule has 0 radical (unpaired) electrons. The zero-order valence-corrected chi connectivity index (χ0v) is 14.1. The van der Waals surface area contributed by atoms with Crippen LogP contribution in [0, 0.1) is 5.82 Å². The van der Waals surface area contributed by atoms with E-state index in [4.69, 9.17) is 27.9 Å². The summed E-state index contributed by atoms with van der Waals surface area (Å²) >= 11 is 11.4. The van der Waals surface area contributed by atoms with Crippen molar-refractivity contribution < 1.29 is 13.9 Å². The van der Waals surface area contributed by atoms with E-state index >= 15 is 0 Å². The highest BCUT2D eigenvalue weighted by Crippen LogP contribution is 2.25. The minimum atomic E-state index is -0.711. The molecule has 0 spiro atoms. The van der Waals surface area contributed by atoms with Crippen LogP contribution in [0.4, 0.5) is 15.0 Å². The zero-order valence-electron chi connectivity index (χ0n) is 12.6. The van der Waals surface area contributed by atoms with Crippen LogP contribution in [0.5, 0.6) is 0 Å². The summed E-state index contributed by atoms with van der Waals surface area (Å²) in [5, 5.41) is -0.430. The number of amides is 1.